The van der Waals surface area contributed by atoms with E-state index in [9.17, 15) is 4.79 Å². The van der Waals surface area contributed by atoms with E-state index in [0.717, 1.165) is 11.3 Å². The van der Waals surface area contributed by atoms with Gasteiger partial charge in [-0.1, -0.05) is 50.2 Å². The van der Waals surface area contributed by atoms with Crippen LogP contribution in [-0.4, -0.2) is 25.8 Å². The fraction of sp³-hybridized carbons (Fsp3) is 0.300. The van der Waals surface area contributed by atoms with E-state index < -0.39 is 0 Å². The van der Waals surface area contributed by atoms with Gasteiger partial charge in [0.1, 0.15) is 5.75 Å². The third-order valence-electron chi connectivity index (χ3n) is 3.64. The van der Waals surface area contributed by atoms with Crippen molar-refractivity contribution in [2.75, 3.05) is 19.0 Å². The molecule has 2 aromatic rings. The number of benzene rings is 2. The first-order valence-electron chi connectivity index (χ1n) is 8.09. The van der Waals surface area contributed by atoms with Crippen molar-refractivity contribution in [2.45, 2.75) is 26.2 Å². The molecule has 2 aromatic carbocycles. The number of hydrogen-bond acceptors (Lipinski definition) is 4. The summed E-state index contributed by atoms with van der Waals surface area (Å²) in [5.74, 6) is 0.430. The zero-order valence-electron chi connectivity index (χ0n) is 15.1. The molecule has 0 aliphatic carbocycles. The molecule has 132 valence electrons. The molecule has 25 heavy (non-hydrogen) atoms. The summed E-state index contributed by atoms with van der Waals surface area (Å²) >= 11 is 0. The first-order chi connectivity index (χ1) is 11.9. The Morgan fingerprint density at radius 3 is 2.44 bits per heavy atom. The van der Waals surface area contributed by atoms with Crippen molar-refractivity contribution in [2.24, 2.45) is 5.16 Å². The molecule has 2 rings (SSSR count). The monoisotopic (exact) mass is 340 g/mol. The number of para-hydroxylation sites is 1. The molecule has 1 N–H and O–H groups in total. The van der Waals surface area contributed by atoms with Crippen molar-refractivity contribution in [3.63, 3.8) is 0 Å². The van der Waals surface area contributed by atoms with E-state index >= 15 is 0 Å². The van der Waals surface area contributed by atoms with Gasteiger partial charge < -0.3 is 14.9 Å². The summed E-state index contributed by atoms with van der Waals surface area (Å²) in [6, 6.07) is 15.2. The number of ether oxygens (including phenoxy) is 1. The number of amides is 1. The number of carbonyl (C=O) groups is 1. The van der Waals surface area contributed by atoms with Crippen LogP contribution in [0, 0.1) is 0 Å². The second-order valence-electron chi connectivity index (χ2n) is 6.63. The molecular weight excluding hydrogens is 316 g/mol. The largest absolute Gasteiger partial charge is 0.496 e. The summed E-state index contributed by atoms with van der Waals surface area (Å²) in [5.41, 5.74) is 2.81. The Morgan fingerprint density at radius 2 is 1.80 bits per heavy atom. The molecule has 5 heteroatoms. The van der Waals surface area contributed by atoms with E-state index in [0.29, 0.717) is 5.75 Å². The lowest BCUT2D eigenvalue weighted by Gasteiger charge is -2.19. The summed E-state index contributed by atoms with van der Waals surface area (Å²) in [7, 11) is 1.59. The van der Waals surface area contributed by atoms with Crippen LogP contribution < -0.4 is 10.1 Å². The number of rotatable bonds is 6. The average Bonchev–Trinajstić information content (AvgIpc) is 2.58. The van der Waals surface area contributed by atoms with E-state index in [1.54, 1.807) is 7.11 Å². The Labute approximate surface area is 148 Å². The van der Waals surface area contributed by atoms with Crippen LogP contribution in [-0.2, 0) is 15.0 Å². The van der Waals surface area contributed by atoms with Crippen LogP contribution in [0.3, 0.4) is 0 Å². The minimum Gasteiger partial charge on any atom is -0.496 e. The number of oxime groups is 1. The minimum absolute atomic E-state index is 0.0822. The lowest BCUT2D eigenvalue weighted by atomic mass is 9.87. The molecule has 0 fully saturated rings. The highest BCUT2D eigenvalue weighted by atomic mass is 16.6. The molecule has 0 saturated carbocycles. The van der Waals surface area contributed by atoms with Gasteiger partial charge >= 0.3 is 0 Å². The van der Waals surface area contributed by atoms with Crippen molar-refractivity contribution in [3.8, 4) is 5.75 Å². The summed E-state index contributed by atoms with van der Waals surface area (Å²) < 4.78 is 5.21. The molecule has 0 spiro atoms. The van der Waals surface area contributed by atoms with E-state index in [4.69, 9.17) is 9.57 Å². The predicted octanol–water partition coefficient (Wildman–Crippen LogP) is 3.98. The Kier molecular flexibility index (Phi) is 6.17. The normalized spacial score (nSPS) is 11.4. The number of hydrogen-bond donors (Lipinski definition) is 1. The van der Waals surface area contributed by atoms with Gasteiger partial charge in [-0.3, -0.25) is 4.79 Å². The number of nitrogens with one attached hydrogen (secondary N) is 1. The zero-order valence-corrected chi connectivity index (χ0v) is 15.1. The second-order valence-corrected chi connectivity index (χ2v) is 6.63. The molecule has 0 radical (unpaired) electrons. The molecule has 0 bridgehead atoms. The third kappa shape index (κ3) is 5.64. The topological polar surface area (TPSA) is 59.9 Å². The van der Waals surface area contributed by atoms with Crippen LogP contribution in [0.5, 0.6) is 5.75 Å². The molecular formula is C20H24N2O3. The van der Waals surface area contributed by atoms with Gasteiger partial charge in [0.25, 0.3) is 5.91 Å². The summed E-state index contributed by atoms with van der Waals surface area (Å²) in [6.45, 7) is 6.28. The summed E-state index contributed by atoms with van der Waals surface area (Å²) in [6.07, 6.45) is 1.52. The molecule has 0 saturated heterocycles. The van der Waals surface area contributed by atoms with Gasteiger partial charge in [-0.25, -0.2) is 0 Å². The van der Waals surface area contributed by atoms with E-state index in [2.05, 4.69) is 31.2 Å². The smallest absolute Gasteiger partial charge is 0.265 e. The van der Waals surface area contributed by atoms with E-state index in [1.165, 1.54) is 11.8 Å². The van der Waals surface area contributed by atoms with Crippen LogP contribution in [0.1, 0.15) is 31.9 Å². The zero-order chi connectivity index (χ0) is 18.3. The van der Waals surface area contributed by atoms with Crippen LogP contribution >= 0.6 is 0 Å². The maximum Gasteiger partial charge on any atom is 0.265 e. The predicted molar refractivity (Wildman–Crippen MR) is 100 cm³/mol. The fourth-order valence-corrected chi connectivity index (χ4v) is 2.21. The maximum absolute atomic E-state index is 11.9. The Bertz CT molecular complexity index is 731. The molecule has 0 atom stereocenters. The van der Waals surface area contributed by atoms with Gasteiger partial charge in [0.05, 0.1) is 13.3 Å². The molecule has 5 nitrogen and oxygen atoms in total. The minimum atomic E-state index is -0.263. The molecule has 0 unspecified atom stereocenters. The highest BCUT2D eigenvalue weighted by molar-refractivity contribution is 5.91. The lowest BCUT2D eigenvalue weighted by molar-refractivity contribution is -0.120. The molecule has 0 aromatic heterocycles. The fourth-order valence-electron chi connectivity index (χ4n) is 2.21. The number of nitrogens with zero attached hydrogens (tertiary/aromatic N) is 1. The van der Waals surface area contributed by atoms with Gasteiger partial charge in [0.2, 0.25) is 0 Å². The van der Waals surface area contributed by atoms with Gasteiger partial charge in [0.15, 0.2) is 6.61 Å². The summed E-state index contributed by atoms with van der Waals surface area (Å²) in [4.78, 5) is 16.9. The van der Waals surface area contributed by atoms with Crippen molar-refractivity contribution >= 4 is 17.8 Å². The van der Waals surface area contributed by atoms with Crippen molar-refractivity contribution in [1.29, 1.82) is 0 Å². The first-order valence-corrected chi connectivity index (χ1v) is 8.09. The first kappa shape index (κ1) is 18.5. The molecule has 0 aliphatic heterocycles. The van der Waals surface area contributed by atoms with E-state index in [-0.39, 0.29) is 17.9 Å². The third-order valence-corrected chi connectivity index (χ3v) is 3.64. The van der Waals surface area contributed by atoms with Crippen LogP contribution in [0.25, 0.3) is 0 Å². The summed E-state index contributed by atoms with van der Waals surface area (Å²) in [5, 5.41) is 6.59. The van der Waals surface area contributed by atoms with Gasteiger partial charge in [0, 0.05) is 11.3 Å². The second kappa shape index (κ2) is 8.33. The van der Waals surface area contributed by atoms with Crippen molar-refractivity contribution < 1.29 is 14.4 Å². The number of carbonyl (C=O) groups excluding carboxylic acids is 1. The molecule has 1 amide bonds. The Morgan fingerprint density at radius 1 is 1.12 bits per heavy atom. The van der Waals surface area contributed by atoms with Crippen LogP contribution in [0.2, 0.25) is 0 Å². The highest BCUT2D eigenvalue weighted by Gasteiger charge is 2.13. The average molecular weight is 340 g/mol. The van der Waals surface area contributed by atoms with Gasteiger partial charge in [-0.2, -0.15) is 0 Å². The lowest BCUT2D eigenvalue weighted by Crippen LogP contribution is -2.17. The quantitative estimate of drug-likeness (QED) is 0.639. The van der Waals surface area contributed by atoms with Crippen molar-refractivity contribution in [1.82, 2.24) is 0 Å². The number of anilines is 1. The highest BCUT2D eigenvalue weighted by Crippen LogP contribution is 2.23. The standard InChI is InChI=1S/C20H24N2O3/c1-20(2,3)16-9-11-17(12-10-16)22-19(23)14-25-21-13-15-7-5-6-8-18(15)24-4/h5-13H,14H2,1-4H3,(H,22,23)/b21-13-. The van der Waals surface area contributed by atoms with Crippen LogP contribution in [0.4, 0.5) is 5.69 Å². The Balaban J connectivity index is 1.83. The van der Waals surface area contributed by atoms with Crippen LogP contribution in [0.15, 0.2) is 53.7 Å². The SMILES string of the molecule is COc1ccccc1/C=N\OCC(=O)Nc1ccc(C(C)(C)C)cc1. The number of methoxy groups -OCH3 is 1. The van der Waals surface area contributed by atoms with Gasteiger partial charge in [-0.15, -0.1) is 0 Å². The molecule has 0 aliphatic rings. The maximum atomic E-state index is 11.9. The van der Waals surface area contributed by atoms with Crippen molar-refractivity contribution in [3.05, 3.63) is 59.7 Å². The van der Waals surface area contributed by atoms with E-state index in [1.807, 2.05) is 48.5 Å². The Hall–Kier alpha value is -2.82. The van der Waals surface area contributed by atoms with Gasteiger partial charge in [-0.05, 0) is 35.2 Å². The molecule has 0 heterocycles.